The molecule has 2 aromatic heterocycles. The summed E-state index contributed by atoms with van der Waals surface area (Å²) in [6.45, 7) is 4.65. The third-order valence-corrected chi connectivity index (χ3v) is 8.68. The summed E-state index contributed by atoms with van der Waals surface area (Å²) < 4.78 is 13.3. The van der Waals surface area contributed by atoms with E-state index in [0.29, 0.717) is 11.3 Å². The number of likely N-dealkylation sites (tertiary alicyclic amines) is 2. The van der Waals surface area contributed by atoms with Crippen molar-refractivity contribution in [2.24, 2.45) is 5.92 Å². The molecule has 0 radical (unpaired) electrons. The van der Waals surface area contributed by atoms with Gasteiger partial charge in [0.1, 0.15) is 11.5 Å². The van der Waals surface area contributed by atoms with Crippen LogP contribution in [0.3, 0.4) is 0 Å². The number of aromatic nitrogens is 2. The number of pyridine rings is 1. The van der Waals surface area contributed by atoms with Crippen LogP contribution in [-0.4, -0.2) is 57.1 Å². The molecule has 2 unspecified atom stereocenters. The van der Waals surface area contributed by atoms with E-state index >= 15 is 0 Å². The number of ketones is 1. The van der Waals surface area contributed by atoms with Crippen LogP contribution in [-0.2, 0) is 0 Å². The molecule has 7 heteroatoms. The Bertz CT molecular complexity index is 1490. The number of fused-ring (bicyclic) bond motifs is 1. The van der Waals surface area contributed by atoms with Gasteiger partial charge in [0.05, 0.1) is 6.04 Å². The molecular weight excluding hydrogens is 503 g/mol. The lowest BCUT2D eigenvalue weighted by atomic mass is 9.88. The Morgan fingerprint density at radius 2 is 1.80 bits per heavy atom. The highest BCUT2D eigenvalue weighted by molar-refractivity contribution is 5.99. The number of carbonyl (C=O) groups is 2. The molecule has 2 aliphatic heterocycles. The van der Waals surface area contributed by atoms with Crippen molar-refractivity contribution < 1.29 is 14.0 Å². The minimum absolute atomic E-state index is 0.00147. The normalized spacial score (nSPS) is 20.3. The number of H-pyrrole nitrogens is 1. The lowest BCUT2D eigenvalue weighted by Gasteiger charge is -2.34. The number of hydrogen-bond acceptors (Lipinski definition) is 4. The Hall–Kier alpha value is -3.84. The molecule has 6 rings (SSSR count). The summed E-state index contributed by atoms with van der Waals surface area (Å²) in [6.07, 6.45) is 8.00. The van der Waals surface area contributed by atoms with E-state index in [0.717, 1.165) is 73.8 Å². The summed E-state index contributed by atoms with van der Waals surface area (Å²) in [5.74, 6) is -0.197. The van der Waals surface area contributed by atoms with Crippen LogP contribution < -0.4 is 0 Å². The van der Waals surface area contributed by atoms with Gasteiger partial charge in [-0.15, -0.1) is 0 Å². The average molecular weight is 539 g/mol. The highest BCUT2D eigenvalue weighted by atomic mass is 19.1. The topological polar surface area (TPSA) is 69.3 Å². The molecule has 2 aromatic carbocycles. The lowest BCUT2D eigenvalue weighted by molar-refractivity contribution is 0.0628. The summed E-state index contributed by atoms with van der Waals surface area (Å²) in [6, 6.07) is 18.2. The maximum atomic E-state index is 14.0. The van der Waals surface area contributed by atoms with Gasteiger partial charge in [-0.25, -0.2) is 4.39 Å². The fourth-order valence-corrected chi connectivity index (χ4v) is 6.47. The van der Waals surface area contributed by atoms with Crippen LogP contribution in [0.4, 0.5) is 4.39 Å². The first kappa shape index (κ1) is 26.4. The Morgan fingerprint density at radius 1 is 1.00 bits per heavy atom. The number of Topliss-reactive ketones (excluding diaryl/α,β-unsaturated/α-hetero) is 1. The standard InChI is InChI=1S/C33H35FN4O2/c1-22-4-5-25-20-30(36-29(25)19-22)33(40)38-28(10-11-31(38)26-3-2-15-35-21-26)14-18-37-16-12-24(13-17-37)32(39)23-6-8-27(34)9-7-23/h2-9,15,19-21,24,28,31,36H,10-14,16-18H2,1H3. The van der Waals surface area contributed by atoms with E-state index in [1.54, 1.807) is 18.3 Å². The molecule has 2 saturated heterocycles. The SMILES string of the molecule is Cc1ccc2cc(C(=O)N3C(CCN4CCC(C(=O)c5ccc(F)cc5)CC4)CCC3c3cccnc3)[nH]c2c1. The molecule has 4 heterocycles. The van der Waals surface area contributed by atoms with E-state index in [9.17, 15) is 14.0 Å². The van der Waals surface area contributed by atoms with Crippen LogP contribution in [0.5, 0.6) is 0 Å². The van der Waals surface area contributed by atoms with Crippen LogP contribution >= 0.6 is 0 Å². The van der Waals surface area contributed by atoms with E-state index in [2.05, 4.69) is 51.0 Å². The summed E-state index contributed by atoms with van der Waals surface area (Å²) in [7, 11) is 0. The Morgan fingerprint density at radius 3 is 2.55 bits per heavy atom. The zero-order valence-corrected chi connectivity index (χ0v) is 22.9. The van der Waals surface area contributed by atoms with Crippen molar-refractivity contribution in [3.8, 4) is 0 Å². The number of carbonyl (C=O) groups excluding carboxylic acids is 2. The minimum atomic E-state index is -0.323. The van der Waals surface area contributed by atoms with E-state index in [1.165, 1.54) is 12.1 Å². The molecule has 0 saturated carbocycles. The zero-order chi connectivity index (χ0) is 27.6. The number of nitrogens with zero attached hydrogens (tertiary/aromatic N) is 3. The third-order valence-electron chi connectivity index (χ3n) is 8.68. The predicted octanol–water partition coefficient (Wildman–Crippen LogP) is 6.34. The van der Waals surface area contributed by atoms with Crippen molar-refractivity contribution in [3.63, 3.8) is 0 Å². The molecule has 206 valence electrons. The van der Waals surface area contributed by atoms with Gasteiger partial charge in [0.15, 0.2) is 5.78 Å². The van der Waals surface area contributed by atoms with Gasteiger partial charge in [-0.1, -0.05) is 18.2 Å². The van der Waals surface area contributed by atoms with Crippen molar-refractivity contribution in [2.45, 2.75) is 51.1 Å². The second-order valence-electron chi connectivity index (χ2n) is 11.3. The first-order valence-corrected chi connectivity index (χ1v) is 14.3. The summed E-state index contributed by atoms with van der Waals surface area (Å²) in [5.41, 5.74) is 4.43. The smallest absolute Gasteiger partial charge is 0.271 e. The number of benzene rings is 2. The van der Waals surface area contributed by atoms with Crippen molar-refractivity contribution in [1.82, 2.24) is 19.8 Å². The van der Waals surface area contributed by atoms with E-state index < -0.39 is 0 Å². The van der Waals surface area contributed by atoms with Crippen molar-refractivity contribution in [1.29, 1.82) is 0 Å². The van der Waals surface area contributed by atoms with Crippen LogP contribution in [0.1, 0.15) is 70.1 Å². The summed E-state index contributed by atoms with van der Waals surface area (Å²) in [4.78, 5) is 39.1. The molecule has 1 N–H and O–H groups in total. The zero-order valence-electron chi connectivity index (χ0n) is 22.9. The first-order valence-electron chi connectivity index (χ1n) is 14.3. The van der Waals surface area contributed by atoms with Gasteiger partial charge in [-0.05, 0) is 106 Å². The molecule has 1 amide bonds. The van der Waals surface area contributed by atoms with Crippen molar-refractivity contribution in [2.75, 3.05) is 19.6 Å². The molecule has 4 aromatic rings. The van der Waals surface area contributed by atoms with E-state index in [4.69, 9.17) is 0 Å². The van der Waals surface area contributed by atoms with Crippen LogP contribution in [0.2, 0.25) is 0 Å². The minimum Gasteiger partial charge on any atom is -0.351 e. The van der Waals surface area contributed by atoms with E-state index in [1.807, 2.05) is 18.3 Å². The molecule has 2 fully saturated rings. The highest BCUT2D eigenvalue weighted by Gasteiger charge is 2.39. The molecule has 40 heavy (non-hydrogen) atoms. The van der Waals surface area contributed by atoms with Gasteiger partial charge in [0.2, 0.25) is 0 Å². The Balaban J connectivity index is 1.13. The van der Waals surface area contributed by atoms with Crippen LogP contribution in [0, 0.1) is 18.7 Å². The summed E-state index contributed by atoms with van der Waals surface area (Å²) >= 11 is 0. The van der Waals surface area contributed by atoms with Crippen LogP contribution in [0.25, 0.3) is 10.9 Å². The number of nitrogens with one attached hydrogen (secondary N) is 1. The molecule has 2 aliphatic rings. The Kier molecular flexibility index (Phi) is 7.48. The Labute approximate surface area is 234 Å². The number of aromatic amines is 1. The highest BCUT2D eigenvalue weighted by Crippen LogP contribution is 2.39. The van der Waals surface area contributed by atoms with Crippen molar-refractivity contribution in [3.05, 3.63) is 101 Å². The third kappa shape index (κ3) is 5.43. The molecule has 2 atom stereocenters. The lowest BCUT2D eigenvalue weighted by Crippen LogP contribution is -2.42. The maximum absolute atomic E-state index is 14.0. The van der Waals surface area contributed by atoms with Gasteiger partial charge in [-0.2, -0.15) is 0 Å². The average Bonchev–Trinajstić information content (AvgIpc) is 3.61. The van der Waals surface area contributed by atoms with Gasteiger partial charge < -0.3 is 14.8 Å². The fourth-order valence-electron chi connectivity index (χ4n) is 6.47. The molecule has 6 nitrogen and oxygen atoms in total. The maximum Gasteiger partial charge on any atom is 0.271 e. The quantitative estimate of drug-likeness (QED) is 0.279. The second kappa shape index (κ2) is 11.3. The van der Waals surface area contributed by atoms with Gasteiger partial charge in [-0.3, -0.25) is 14.6 Å². The van der Waals surface area contributed by atoms with E-state index in [-0.39, 0.29) is 35.5 Å². The first-order chi connectivity index (χ1) is 19.5. The second-order valence-corrected chi connectivity index (χ2v) is 11.3. The molecular formula is C33H35FN4O2. The van der Waals surface area contributed by atoms with Gasteiger partial charge >= 0.3 is 0 Å². The molecule has 0 aliphatic carbocycles. The molecule has 0 bridgehead atoms. The number of piperidine rings is 1. The number of amides is 1. The number of rotatable bonds is 7. The van der Waals surface area contributed by atoms with Crippen LogP contribution in [0.15, 0.2) is 73.1 Å². The number of aryl methyl sites for hydroxylation is 1. The van der Waals surface area contributed by atoms with Crippen molar-refractivity contribution >= 4 is 22.6 Å². The summed E-state index contributed by atoms with van der Waals surface area (Å²) in [5, 5.41) is 1.04. The monoisotopic (exact) mass is 538 g/mol. The largest absolute Gasteiger partial charge is 0.351 e. The number of halogens is 1. The van der Waals surface area contributed by atoms with Gasteiger partial charge in [0.25, 0.3) is 5.91 Å². The predicted molar refractivity (Wildman–Crippen MR) is 154 cm³/mol. The molecule has 0 spiro atoms. The van der Waals surface area contributed by atoms with Gasteiger partial charge in [0, 0.05) is 47.4 Å². The number of hydrogen-bond donors (Lipinski definition) is 1. The fraction of sp³-hybridized carbons (Fsp3) is 0.364.